The number of halogens is 4. The first-order valence-corrected chi connectivity index (χ1v) is 9.84. The SMILES string of the molecule is COc1ccc(N2C(=O)C3N=NN(CC(=O)Nc4cccc(C(F)(F)F)c4)C3C2=O)cc1Cl. The second-order valence-electron chi connectivity index (χ2n) is 7.15. The molecule has 1 saturated heterocycles. The minimum atomic E-state index is -4.57. The zero-order chi connectivity index (χ0) is 23.9. The van der Waals surface area contributed by atoms with Crippen molar-refractivity contribution in [1.82, 2.24) is 5.01 Å². The zero-order valence-corrected chi connectivity index (χ0v) is 17.6. The van der Waals surface area contributed by atoms with Crippen molar-refractivity contribution in [2.24, 2.45) is 10.3 Å². The minimum absolute atomic E-state index is 0.0779. The molecule has 2 aromatic carbocycles. The maximum Gasteiger partial charge on any atom is 0.416 e. The first-order valence-electron chi connectivity index (χ1n) is 9.46. The summed E-state index contributed by atoms with van der Waals surface area (Å²) in [6.45, 7) is -0.503. The van der Waals surface area contributed by atoms with Gasteiger partial charge >= 0.3 is 6.18 Å². The Bertz CT molecular complexity index is 1170. The number of carbonyl (C=O) groups is 3. The fourth-order valence-corrected chi connectivity index (χ4v) is 3.78. The molecule has 1 fully saturated rings. The predicted molar refractivity (Wildman–Crippen MR) is 110 cm³/mol. The molecule has 33 heavy (non-hydrogen) atoms. The van der Waals surface area contributed by atoms with Gasteiger partial charge in [-0.3, -0.25) is 19.4 Å². The molecule has 2 aliphatic rings. The number of fused-ring (bicyclic) bond motifs is 1. The van der Waals surface area contributed by atoms with Crippen molar-refractivity contribution in [2.45, 2.75) is 18.3 Å². The smallest absolute Gasteiger partial charge is 0.416 e. The van der Waals surface area contributed by atoms with E-state index in [9.17, 15) is 27.6 Å². The molecular weight excluding hydrogens is 467 g/mol. The van der Waals surface area contributed by atoms with E-state index in [0.717, 1.165) is 28.1 Å². The maximum atomic E-state index is 13.0. The van der Waals surface area contributed by atoms with Crippen LogP contribution in [0.15, 0.2) is 52.8 Å². The van der Waals surface area contributed by atoms with E-state index in [1.165, 1.54) is 31.4 Å². The van der Waals surface area contributed by atoms with Gasteiger partial charge in [-0.15, -0.1) is 0 Å². The summed E-state index contributed by atoms with van der Waals surface area (Å²) in [7, 11) is 1.42. The molecule has 0 spiro atoms. The molecule has 0 bridgehead atoms. The molecule has 0 aromatic heterocycles. The van der Waals surface area contributed by atoms with Gasteiger partial charge < -0.3 is 10.1 Å². The molecule has 13 heteroatoms. The van der Waals surface area contributed by atoms with Gasteiger partial charge in [0.15, 0.2) is 12.1 Å². The summed E-state index contributed by atoms with van der Waals surface area (Å²) in [5.41, 5.74) is -0.800. The summed E-state index contributed by atoms with van der Waals surface area (Å²) in [5, 5.41) is 11.1. The predicted octanol–water partition coefficient (Wildman–Crippen LogP) is 3.30. The summed E-state index contributed by atoms with van der Waals surface area (Å²) in [4.78, 5) is 39.0. The minimum Gasteiger partial charge on any atom is -0.495 e. The number of amides is 3. The second kappa shape index (κ2) is 8.35. The molecule has 0 radical (unpaired) electrons. The first kappa shape index (κ1) is 22.5. The monoisotopic (exact) mass is 481 g/mol. The highest BCUT2D eigenvalue weighted by molar-refractivity contribution is 6.33. The molecule has 1 N–H and O–H groups in total. The van der Waals surface area contributed by atoms with Crippen LogP contribution >= 0.6 is 11.6 Å². The van der Waals surface area contributed by atoms with Crippen LogP contribution in [0.4, 0.5) is 24.5 Å². The van der Waals surface area contributed by atoms with Gasteiger partial charge in [-0.2, -0.15) is 18.3 Å². The number of ether oxygens (including phenoxy) is 1. The van der Waals surface area contributed by atoms with E-state index in [2.05, 4.69) is 15.7 Å². The number of hydrogen-bond donors (Lipinski definition) is 1. The van der Waals surface area contributed by atoms with E-state index in [1.54, 1.807) is 0 Å². The quantitative estimate of drug-likeness (QED) is 0.660. The molecule has 2 aliphatic heterocycles. The van der Waals surface area contributed by atoms with Gasteiger partial charge in [0.05, 0.1) is 23.4 Å². The van der Waals surface area contributed by atoms with Crippen LogP contribution in [-0.4, -0.2) is 48.5 Å². The Morgan fingerprint density at radius 3 is 2.61 bits per heavy atom. The molecular formula is C20H15ClF3N5O4. The molecule has 2 atom stereocenters. The molecule has 9 nitrogen and oxygen atoms in total. The Morgan fingerprint density at radius 2 is 1.94 bits per heavy atom. The van der Waals surface area contributed by atoms with Gasteiger partial charge in [0.2, 0.25) is 5.91 Å². The average molecular weight is 482 g/mol. The highest BCUT2D eigenvalue weighted by atomic mass is 35.5. The van der Waals surface area contributed by atoms with Crippen LogP contribution in [0.1, 0.15) is 5.56 Å². The number of hydrogen-bond acceptors (Lipinski definition) is 7. The average Bonchev–Trinajstić information content (AvgIpc) is 3.27. The van der Waals surface area contributed by atoms with Gasteiger partial charge in [0.1, 0.15) is 12.3 Å². The topological polar surface area (TPSA) is 104 Å². The Hall–Kier alpha value is -3.67. The standard InChI is InChI=1S/C20H15ClF3N5O4/c1-33-14-6-5-12(8-13(14)21)29-18(31)16-17(19(29)32)28(27-26-16)9-15(30)25-11-4-2-3-10(7-11)20(22,23)24/h2-8,16-17H,9H2,1H3,(H,25,30). The van der Waals surface area contributed by atoms with E-state index in [1.807, 2.05) is 0 Å². The number of nitrogens with one attached hydrogen (secondary N) is 1. The number of benzene rings is 2. The Labute approximate surface area is 189 Å². The van der Waals surface area contributed by atoms with Crippen LogP contribution in [0, 0.1) is 0 Å². The van der Waals surface area contributed by atoms with Crippen molar-refractivity contribution < 1.29 is 32.3 Å². The van der Waals surface area contributed by atoms with Crippen LogP contribution in [0.2, 0.25) is 5.02 Å². The van der Waals surface area contributed by atoms with Crippen molar-refractivity contribution in [3.05, 3.63) is 53.1 Å². The molecule has 3 amide bonds. The van der Waals surface area contributed by atoms with E-state index in [0.29, 0.717) is 5.75 Å². The molecule has 0 aliphatic carbocycles. The normalized spacial score (nSPS) is 19.8. The van der Waals surface area contributed by atoms with Crippen LogP contribution in [-0.2, 0) is 20.6 Å². The third-order valence-electron chi connectivity index (χ3n) is 5.03. The lowest BCUT2D eigenvalue weighted by molar-refractivity contribution is -0.137. The lowest BCUT2D eigenvalue weighted by atomic mass is 10.1. The zero-order valence-electron chi connectivity index (χ0n) is 16.8. The van der Waals surface area contributed by atoms with Gasteiger partial charge in [-0.05, 0) is 36.4 Å². The number of imide groups is 1. The van der Waals surface area contributed by atoms with E-state index in [4.69, 9.17) is 16.3 Å². The Morgan fingerprint density at radius 1 is 1.18 bits per heavy atom. The highest BCUT2D eigenvalue weighted by Crippen LogP contribution is 2.35. The number of alkyl halides is 3. The fourth-order valence-electron chi connectivity index (χ4n) is 3.52. The van der Waals surface area contributed by atoms with Gasteiger partial charge in [0, 0.05) is 5.69 Å². The lowest BCUT2D eigenvalue weighted by Crippen LogP contribution is -2.43. The number of methoxy groups -OCH3 is 1. The number of rotatable bonds is 5. The lowest BCUT2D eigenvalue weighted by Gasteiger charge is -2.20. The van der Waals surface area contributed by atoms with Crippen LogP contribution in [0.3, 0.4) is 0 Å². The van der Waals surface area contributed by atoms with Crippen molar-refractivity contribution >= 4 is 40.7 Å². The number of anilines is 2. The second-order valence-corrected chi connectivity index (χ2v) is 7.56. The molecule has 2 heterocycles. The molecule has 172 valence electrons. The van der Waals surface area contributed by atoms with Gasteiger partial charge in [-0.25, -0.2) is 4.90 Å². The van der Waals surface area contributed by atoms with Crippen molar-refractivity contribution in [3.8, 4) is 5.75 Å². The van der Waals surface area contributed by atoms with Crippen LogP contribution in [0.5, 0.6) is 5.75 Å². The van der Waals surface area contributed by atoms with Gasteiger partial charge in [-0.1, -0.05) is 22.9 Å². The third-order valence-corrected chi connectivity index (χ3v) is 5.33. The van der Waals surface area contributed by atoms with E-state index >= 15 is 0 Å². The van der Waals surface area contributed by atoms with Crippen LogP contribution in [0.25, 0.3) is 0 Å². The van der Waals surface area contributed by atoms with Crippen molar-refractivity contribution in [1.29, 1.82) is 0 Å². The molecule has 2 unspecified atom stereocenters. The summed E-state index contributed by atoms with van der Waals surface area (Å²) in [6, 6.07) is 6.15. The number of carbonyl (C=O) groups excluding carboxylic acids is 3. The summed E-state index contributed by atoms with van der Waals surface area (Å²) in [6.07, 6.45) is -4.57. The first-order chi connectivity index (χ1) is 15.6. The highest BCUT2D eigenvalue weighted by Gasteiger charge is 2.55. The number of nitrogens with zero attached hydrogens (tertiary/aromatic N) is 4. The summed E-state index contributed by atoms with van der Waals surface area (Å²) < 4.78 is 43.7. The van der Waals surface area contributed by atoms with Gasteiger partial charge in [0.25, 0.3) is 11.8 Å². The molecule has 0 saturated carbocycles. The van der Waals surface area contributed by atoms with Crippen molar-refractivity contribution in [2.75, 3.05) is 23.9 Å². The summed E-state index contributed by atoms with van der Waals surface area (Å²) in [5.74, 6) is -1.69. The Kier molecular flexibility index (Phi) is 5.70. The molecule has 2 aromatic rings. The largest absolute Gasteiger partial charge is 0.495 e. The van der Waals surface area contributed by atoms with Crippen molar-refractivity contribution in [3.63, 3.8) is 0 Å². The maximum absolute atomic E-state index is 13.0. The summed E-state index contributed by atoms with van der Waals surface area (Å²) >= 11 is 6.09. The van der Waals surface area contributed by atoms with E-state index < -0.39 is 48.1 Å². The van der Waals surface area contributed by atoms with E-state index in [-0.39, 0.29) is 16.4 Å². The van der Waals surface area contributed by atoms with Crippen LogP contribution < -0.4 is 15.0 Å². The third kappa shape index (κ3) is 4.21. The fraction of sp³-hybridized carbons (Fsp3) is 0.250. The molecule has 4 rings (SSSR count). The Balaban J connectivity index is 1.48.